The van der Waals surface area contributed by atoms with Crippen molar-refractivity contribution >= 4 is 17.4 Å². The van der Waals surface area contributed by atoms with E-state index >= 15 is 0 Å². The van der Waals surface area contributed by atoms with Gasteiger partial charge >= 0.3 is 0 Å². The van der Waals surface area contributed by atoms with E-state index in [0.717, 1.165) is 5.56 Å². The van der Waals surface area contributed by atoms with Crippen molar-refractivity contribution in [2.24, 2.45) is 5.92 Å². The molecular weight excluding hydrogens is 294 g/mol. The molecule has 0 aliphatic carbocycles. The van der Waals surface area contributed by atoms with E-state index in [1.54, 1.807) is 12.1 Å². The Hall–Kier alpha value is -2.60. The Kier molecular flexibility index (Phi) is 3.92. The van der Waals surface area contributed by atoms with E-state index in [9.17, 15) is 14.7 Å². The van der Waals surface area contributed by atoms with Gasteiger partial charge in [0.1, 0.15) is 12.0 Å². The standard InChI is InChI=1S/C17H19N3O3/c1-10-16(19-14-8-5-9-15(22)18-14)12-6-3-4-7-13(12)20(11(2)21)17(10)23/h3-10,16-17,23H,1-2H3,(H2,18,19,22)/t10-,16?,17+/m1/s1. The highest BCUT2D eigenvalue weighted by Crippen LogP contribution is 2.41. The monoisotopic (exact) mass is 313 g/mol. The molecule has 6 heteroatoms. The molecule has 1 aliphatic rings. The molecule has 0 saturated heterocycles. The molecular formula is C17H19N3O3. The van der Waals surface area contributed by atoms with E-state index < -0.39 is 6.23 Å². The number of benzene rings is 1. The number of nitrogens with zero attached hydrogens (tertiary/aromatic N) is 1. The number of aliphatic hydroxyl groups is 1. The molecule has 1 aromatic carbocycles. The Labute approximate surface area is 133 Å². The minimum Gasteiger partial charge on any atom is -0.373 e. The van der Waals surface area contributed by atoms with Gasteiger partial charge < -0.3 is 15.4 Å². The average molecular weight is 313 g/mol. The SMILES string of the molecule is CC(=O)N1c2ccccc2C(Nc2cccc(=O)[nH]2)[C@@H](C)[C@@H]1O. The zero-order valence-electron chi connectivity index (χ0n) is 13.0. The lowest BCUT2D eigenvalue weighted by atomic mass is 9.86. The fourth-order valence-electron chi connectivity index (χ4n) is 3.07. The number of H-pyrrole nitrogens is 1. The number of aromatic amines is 1. The maximum absolute atomic E-state index is 11.9. The van der Waals surface area contributed by atoms with E-state index in [2.05, 4.69) is 10.3 Å². The lowest BCUT2D eigenvalue weighted by Gasteiger charge is -2.42. The van der Waals surface area contributed by atoms with Crippen LogP contribution in [0.5, 0.6) is 0 Å². The summed E-state index contributed by atoms with van der Waals surface area (Å²) < 4.78 is 0. The molecule has 0 fully saturated rings. The summed E-state index contributed by atoms with van der Waals surface area (Å²) in [6, 6.07) is 12.1. The van der Waals surface area contributed by atoms with Crippen LogP contribution in [0.15, 0.2) is 47.3 Å². The number of anilines is 2. The first-order valence-corrected chi connectivity index (χ1v) is 7.51. The summed E-state index contributed by atoms with van der Waals surface area (Å²) in [5.41, 5.74) is 1.39. The van der Waals surface area contributed by atoms with E-state index in [1.165, 1.54) is 17.9 Å². The van der Waals surface area contributed by atoms with Crippen LogP contribution in [0.2, 0.25) is 0 Å². The van der Waals surface area contributed by atoms with Crippen LogP contribution in [-0.2, 0) is 4.79 Å². The molecule has 1 aliphatic heterocycles. The van der Waals surface area contributed by atoms with Gasteiger partial charge in [0.2, 0.25) is 11.5 Å². The molecule has 1 unspecified atom stereocenters. The molecule has 0 radical (unpaired) electrons. The maximum Gasteiger partial charge on any atom is 0.249 e. The van der Waals surface area contributed by atoms with Gasteiger partial charge in [-0.3, -0.25) is 14.5 Å². The molecule has 1 amide bonds. The first-order valence-electron chi connectivity index (χ1n) is 7.51. The largest absolute Gasteiger partial charge is 0.373 e. The number of hydrogen-bond donors (Lipinski definition) is 3. The van der Waals surface area contributed by atoms with Gasteiger partial charge in [0, 0.05) is 18.9 Å². The molecule has 23 heavy (non-hydrogen) atoms. The van der Waals surface area contributed by atoms with Crippen LogP contribution >= 0.6 is 0 Å². The highest BCUT2D eigenvalue weighted by molar-refractivity contribution is 5.93. The minimum atomic E-state index is -0.935. The Morgan fingerprint density at radius 2 is 1.96 bits per heavy atom. The number of carbonyl (C=O) groups excluding carboxylic acids is 1. The van der Waals surface area contributed by atoms with Crippen molar-refractivity contribution in [2.45, 2.75) is 26.1 Å². The van der Waals surface area contributed by atoms with Gasteiger partial charge in [-0.2, -0.15) is 0 Å². The highest BCUT2D eigenvalue weighted by atomic mass is 16.3. The molecule has 2 heterocycles. The van der Waals surface area contributed by atoms with Crippen LogP contribution in [0.3, 0.4) is 0 Å². The van der Waals surface area contributed by atoms with Crippen molar-refractivity contribution in [3.8, 4) is 0 Å². The number of hydrogen-bond acceptors (Lipinski definition) is 4. The summed E-state index contributed by atoms with van der Waals surface area (Å²) in [5, 5.41) is 13.8. The van der Waals surface area contributed by atoms with Crippen molar-refractivity contribution in [3.05, 3.63) is 58.4 Å². The first kappa shape index (κ1) is 15.3. The summed E-state index contributed by atoms with van der Waals surface area (Å²) in [6.07, 6.45) is -0.935. The lowest BCUT2D eigenvalue weighted by Crippen LogP contribution is -2.50. The molecule has 3 N–H and O–H groups in total. The average Bonchev–Trinajstić information content (AvgIpc) is 2.51. The number of aromatic nitrogens is 1. The number of carbonyl (C=O) groups is 1. The Morgan fingerprint density at radius 1 is 1.22 bits per heavy atom. The van der Waals surface area contributed by atoms with E-state index in [-0.39, 0.29) is 23.4 Å². The van der Waals surface area contributed by atoms with Gasteiger partial charge in [0.05, 0.1) is 11.7 Å². The molecule has 2 aromatic rings. The van der Waals surface area contributed by atoms with Crippen LogP contribution in [0.1, 0.15) is 25.5 Å². The van der Waals surface area contributed by atoms with Crippen molar-refractivity contribution < 1.29 is 9.90 Å². The van der Waals surface area contributed by atoms with Gasteiger partial charge in [-0.25, -0.2) is 0 Å². The third-order valence-corrected chi connectivity index (χ3v) is 4.21. The number of rotatable bonds is 2. The second-order valence-corrected chi connectivity index (χ2v) is 5.77. The Bertz CT molecular complexity index is 786. The van der Waals surface area contributed by atoms with Gasteiger partial charge in [-0.1, -0.05) is 31.2 Å². The predicted octanol–water partition coefficient (Wildman–Crippen LogP) is 1.85. The lowest BCUT2D eigenvalue weighted by molar-refractivity contribution is -0.119. The molecule has 120 valence electrons. The van der Waals surface area contributed by atoms with Crippen LogP contribution in [0.4, 0.5) is 11.5 Å². The van der Waals surface area contributed by atoms with Gasteiger partial charge in [0.15, 0.2) is 0 Å². The number of para-hydroxylation sites is 1. The number of aliphatic hydroxyl groups excluding tert-OH is 1. The Balaban J connectivity index is 2.04. The topological polar surface area (TPSA) is 85.4 Å². The van der Waals surface area contributed by atoms with E-state index in [4.69, 9.17) is 0 Å². The summed E-state index contributed by atoms with van der Waals surface area (Å²) >= 11 is 0. The van der Waals surface area contributed by atoms with Gasteiger partial charge in [0.25, 0.3) is 0 Å². The smallest absolute Gasteiger partial charge is 0.249 e. The van der Waals surface area contributed by atoms with Crippen LogP contribution in [0, 0.1) is 5.92 Å². The number of amides is 1. The molecule has 6 nitrogen and oxygen atoms in total. The second kappa shape index (κ2) is 5.89. The summed E-state index contributed by atoms with van der Waals surface area (Å²) in [7, 11) is 0. The predicted molar refractivity (Wildman–Crippen MR) is 88.2 cm³/mol. The van der Waals surface area contributed by atoms with E-state index in [1.807, 2.05) is 31.2 Å². The fraction of sp³-hybridized carbons (Fsp3) is 0.294. The zero-order chi connectivity index (χ0) is 16.6. The summed E-state index contributed by atoms with van der Waals surface area (Å²) in [5.74, 6) is 0.119. The normalized spacial score (nSPS) is 23.3. The van der Waals surface area contributed by atoms with Crippen molar-refractivity contribution in [1.82, 2.24) is 4.98 Å². The van der Waals surface area contributed by atoms with Crippen molar-refractivity contribution in [2.75, 3.05) is 10.2 Å². The molecule has 3 atom stereocenters. The van der Waals surface area contributed by atoms with Crippen LogP contribution in [0.25, 0.3) is 0 Å². The van der Waals surface area contributed by atoms with Gasteiger partial charge in [-0.05, 0) is 17.7 Å². The second-order valence-electron chi connectivity index (χ2n) is 5.77. The highest BCUT2D eigenvalue weighted by Gasteiger charge is 2.39. The first-order chi connectivity index (χ1) is 11.0. The van der Waals surface area contributed by atoms with Crippen molar-refractivity contribution in [3.63, 3.8) is 0 Å². The third-order valence-electron chi connectivity index (χ3n) is 4.21. The molecule has 3 rings (SSSR count). The van der Waals surface area contributed by atoms with E-state index in [0.29, 0.717) is 11.5 Å². The molecule has 0 saturated carbocycles. The van der Waals surface area contributed by atoms with Gasteiger partial charge in [-0.15, -0.1) is 0 Å². The zero-order valence-corrected chi connectivity index (χ0v) is 13.0. The van der Waals surface area contributed by atoms with Crippen LogP contribution in [-0.4, -0.2) is 22.2 Å². The number of fused-ring (bicyclic) bond motifs is 1. The quantitative estimate of drug-likeness (QED) is 0.790. The minimum absolute atomic E-state index is 0.197. The molecule has 0 bridgehead atoms. The number of pyridine rings is 1. The molecule has 0 spiro atoms. The molecule has 1 aromatic heterocycles. The third kappa shape index (κ3) is 2.73. The summed E-state index contributed by atoms with van der Waals surface area (Å²) in [6.45, 7) is 3.31. The fourth-order valence-corrected chi connectivity index (χ4v) is 3.07. The Morgan fingerprint density at radius 3 is 2.65 bits per heavy atom. The maximum atomic E-state index is 11.9. The van der Waals surface area contributed by atoms with Crippen molar-refractivity contribution in [1.29, 1.82) is 0 Å². The van der Waals surface area contributed by atoms with Crippen LogP contribution < -0.4 is 15.8 Å². The summed E-state index contributed by atoms with van der Waals surface area (Å²) in [4.78, 5) is 27.5. The number of nitrogens with one attached hydrogen (secondary N) is 2.